The molecular weight excluding hydrogens is 303 g/mol. The molecule has 1 aromatic rings. The van der Waals surface area contributed by atoms with E-state index < -0.39 is 21.6 Å². The quantitative estimate of drug-likeness (QED) is 0.616. The van der Waals surface area contributed by atoms with Crippen LogP contribution in [-0.2, 0) is 20.4 Å². The largest absolute Gasteiger partial charge is 0.478 e. The van der Waals surface area contributed by atoms with E-state index in [-0.39, 0.29) is 11.3 Å². The molecule has 1 N–H and O–H groups in total. The van der Waals surface area contributed by atoms with E-state index in [1.165, 1.54) is 30.2 Å². The van der Waals surface area contributed by atoms with Crippen LogP contribution in [0.2, 0.25) is 0 Å². The van der Waals surface area contributed by atoms with Gasteiger partial charge in [-0.05, 0) is 23.8 Å². The SMILES string of the molecule is CS(=O)(=O)CCSCc1ccc(F)c(C=CC(=O)O)c1. The number of aliphatic carboxylic acids is 1. The van der Waals surface area contributed by atoms with Crippen molar-refractivity contribution in [2.45, 2.75) is 5.75 Å². The van der Waals surface area contributed by atoms with Crippen LogP contribution in [0.25, 0.3) is 6.08 Å². The highest BCUT2D eigenvalue weighted by molar-refractivity contribution is 7.99. The zero-order valence-electron chi connectivity index (χ0n) is 10.9. The molecule has 0 aliphatic heterocycles. The smallest absolute Gasteiger partial charge is 0.328 e. The lowest BCUT2D eigenvalue weighted by molar-refractivity contribution is -0.131. The number of halogens is 1. The van der Waals surface area contributed by atoms with Crippen LogP contribution in [0.1, 0.15) is 11.1 Å². The topological polar surface area (TPSA) is 71.4 Å². The summed E-state index contributed by atoms with van der Waals surface area (Å²) in [6, 6.07) is 4.43. The Morgan fingerprint density at radius 3 is 2.75 bits per heavy atom. The van der Waals surface area contributed by atoms with E-state index in [1.54, 1.807) is 12.1 Å². The van der Waals surface area contributed by atoms with Gasteiger partial charge in [-0.3, -0.25) is 0 Å². The lowest BCUT2D eigenvalue weighted by Gasteiger charge is -2.04. The van der Waals surface area contributed by atoms with Gasteiger partial charge < -0.3 is 5.11 Å². The Kier molecular flexibility index (Phi) is 6.22. The first-order valence-corrected chi connectivity index (χ1v) is 8.94. The van der Waals surface area contributed by atoms with Crippen molar-refractivity contribution in [2.75, 3.05) is 17.8 Å². The van der Waals surface area contributed by atoms with Gasteiger partial charge in [-0.2, -0.15) is 11.8 Å². The molecule has 0 atom stereocenters. The fourth-order valence-corrected chi connectivity index (χ4v) is 3.61. The van der Waals surface area contributed by atoms with Crippen LogP contribution in [0.3, 0.4) is 0 Å². The molecule has 0 amide bonds. The van der Waals surface area contributed by atoms with E-state index in [1.807, 2.05) is 0 Å². The number of rotatable bonds is 7. The second-order valence-electron chi connectivity index (χ2n) is 4.21. The zero-order valence-corrected chi connectivity index (χ0v) is 12.5. The van der Waals surface area contributed by atoms with Crippen LogP contribution in [0.5, 0.6) is 0 Å². The third-order valence-corrected chi connectivity index (χ3v) is 4.57. The highest BCUT2D eigenvalue weighted by Crippen LogP contribution is 2.17. The zero-order chi connectivity index (χ0) is 15.2. The lowest BCUT2D eigenvalue weighted by atomic mass is 10.1. The number of hydrogen-bond acceptors (Lipinski definition) is 4. The summed E-state index contributed by atoms with van der Waals surface area (Å²) >= 11 is 1.43. The van der Waals surface area contributed by atoms with Crippen molar-refractivity contribution >= 4 is 33.6 Å². The maximum atomic E-state index is 13.4. The molecule has 7 heteroatoms. The highest BCUT2D eigenvalue weighted by atomic mass is 32.2. The van der Waals surface area contributed by atoms with Crippen molar-refractivity contribution < 1.29 is 22.7 Å². The van der Waals surface area contributed by atoms with Gasteiger partial charge in [0.2, 0.25) is 0 Å². The Balaban J connectivity index is 2.63. The van der Waals surface area contributed by atoms with Gasteiger partial charge in [-0.25, -0.2) is 17.6 Å². The third-order valence-electron chi connectivity index (χ3n) is 2.33. The summed E-state index contributed by atoms with van der Waals surface area (Å²) in [5.41, 5.74) is 1.02. The minimum Gasteiger partial charge on any atom is -0.478 e. The minimum atomic E-state index is -2.97. The first-order valence-electron chi connectivity index (χ1n) is 5.73. The molecule has 0 aromatic heterocycles. The molecule has 20 heavy (non-hydrogen) atoms. The van der Waals surface area contributed by atoms with Gasteiger partial charge in [-0.1, -0.05) is 6.07 Å². The fourth-order valence-electron chi connectivity index (χ4n) is 1.37. The summed E-state index contributed by atoms with van der Waals surface area (Å²) < 4.78 is 35.4. The standard InChI is InChI=1S/C13H15FO4S2/c1-20(17,18)7-6-19-9-10-2-4-12(14)11(8-10)3-5-13(15)16/h2-5,8H,6-7,9H2,1H3,(H,15,16). The Hall–Kier alpha value is -1.34. The van der Waals surface area contributed by atoms with Crippen LogP contribution in [0.15, 0.2) is 24.3 Å². The van der Waals surface area contributed by atoms with Crippen molar-refractivity contribution in [3.05, 3.63) is 41.2 Å². The third kappa shape index (κ3) is 6.72. The van der Waals surface area contributed by atoms with E-state index >= 15 is 0 Å². The monoisotopic (exact) mass is 318 g/mol. The summed E-state index contributed by atoms with van der Waals surface area (Å²) in [5.74, 6) is -0.519. The second kappa shape index (κ2) is 7.44. The van der Waals surface area contributed by atoms with Crippen molar-refractivity contribution in [3.63, 3.8) is 0 Å². The van der Waals surface area contributed by atoms with Crippen LogP contribution >= 0.6 is 11.8 Å². The van der Waals surface area contributed by atoms with Gasteiger partial charge >= 0.3 is 5.97 Å². The lowest BCUT2D eigenvalue weighted by Crippen LogP contribution is -2.05. The molecule has 4 nitrogen and oxygen atoms in total. The molecule has 0 radical (unpaired) electrons. The Morgan fingerprint density at radius 1 is 1.45 bits per heavy atom. The van der Waals surface area contributed by atoms with Gasteiger partial charge in [0.1, 0.15) is 15.7 Å². The maximum absolute atomic E-state index is 13.4. The molecule has 0 heterocycles. The predicted octanol–water partition coefficient (Wildman–Crippen LogP) is 2.20. The molecule has 0 aliphatic carbocycles. The van der Waals surface area contributed by atoms with Crippen molar-refractivity contribution in [3.8, 4) is 0 Å². The Morgan fingerprint density at radius 2 is 2.15 bits per heavy atom. The summed E-state index contributed by atoms with van der Waals surface area (Å²) in [7, 11) is -2.97. The van der Waals surface area contributed by atoms with Gasteiger partial charge in [0.25, 0.3) is 0 Å². The Bertz CT molecular complexity index is 609. The van der Waals surface area contributed by atoms with Gasteiger partial charge in [-0.15, -0.1) is 0 Å². The maximum Gasteiger partial charge on any atom is 0.328 e. The summed E-state index contributed by atoms with van der Waals surface area (Å²) in [6.45, 7) is 0. The van der Waals surface area contributed by atoms with Crippen LogP contribution in [0.4, 0.5) is 4.39 Å². The first kappa shape index (κ1) is 16.7. The van der Waals surface area contributed by atoms with E-state index in [0.717, 1.165) is 11.6 Å². The average molecular weight is 318 g/mol. The molecule has 0 saturated heterocycles. The van der Waals surface area contributed by atoms with E-state index in [4.69, 9.17) is 5.11 Å². The number of carboxylic acid groups (broad SMARTS) is 1. The first-order chi connectivity index (χ1) is 9.28. The second-order valence-corrected chi connectivity index (χ2v) is 7.57. The number of sulfone groups is 1. The van der Waals surface area contributed by atoms with E-state index in [2.05, 4.69) is 0 Å². The van der Waals surface area contributed by atoms with Gasteiger partial charge in [0.15, 0.2) is 0 Å². The molecule has 0 unspecified atom stereocenters. The summed E-state index contributed by atoms with van der Waals surface area (Å²) in [4.78, 5) is 10.4. The minimum absolute atomic E-state index is 0.102. The van der Waals surface area contributed by atoms with Gasteiger partial charge in [0, 0.05) is 29.4 Å². The molecule has 1 aromatic carbocycles. The molecule has 0 aliphatic rings. The number of hydrogen-bond donors (Lipinski definition) is 1. The van der Waals surface area contributed by atoms with Crippen molar-refractivity contribution in [1.29, 1.82) is 0 Å². The molecular formula is C13H15FO4S2. The number of thioether (sulfide) groups is 1. The van der Waals surface area contributed by atoms with E-state index in [0.29, 0.717) is 11.5 Å². The van der Waals surface area contributed by atoms with Gasteiger partial charge in [0.05, 0.1) is 5.75 Å². The fraction of sp³-hybridized carbons (Fsp3) is 0.308. The van der Waals surface area contributed by atoms with Crippen molar-refractivity contribution in [1.82, 2.24) is 0 Å². The van der Waals surface area contributed by atoms with Crippen LogP contribution in [0, 0.1) is 5.82 Å². The molecule has 0 saturated carbocycles. The molecule has 0 bridgehead atoms. The van der Waals surface area contributed by atoms with E-state index in [9.17, 15) is 17.6 Å². The molecule has 0 spiro atoms. The van der Waals surface area contributed by atoms with Crippen molar-refractivity contribution in [2.24, 2.45) is 0 Å². The number of benzene rings is 1. The molecule has 110 valence electrons. The Labute approximate surface area is 121 Å². The normalized spacial score (nSPS) is 11.9. The summed E-state index contributed by atoms with van der Waals surface area (Å²) in [5, 5.41) is 8.51. The predicted molar refractivity (Wildman–Crippen MR) is 78.9 cm³/mol. The van der Waals surface area contributed by atoms with Crippen LogP contribution < -0.4 is 0 Å². The number of carbonyl (C=O) groups is 1. The molecule has 0 fully saturated rings. The highest BCUT2D eigenvalue weighted by Gasteiger charge is 2.04. The summed E-state index contributed by atoms with van der Waals surface area (Å²) in [6.07, 6.45) is 3.25. The molecule has 1 rings (SSSR count). The van der Waals surface area contributed by atoms with Crippen LogP contribution in [-0.4, -0.2) is 37.3 Å². The number of carboxylic acids is 1. The average Bonchev–Trinajstić information content (AvgIpc) is 2.33.